The molecule has 5 nitrogen and oxygen atoms in total. The van der Waals surface area contributed by atoms with Crippen molar-refractivity contribution in [1.82, 2.24) is 10.2 Å². The molecule has 0 aromatic carbocycles. The Morgan fingerprint density at radius 2 is 2.60 bits per heavy atom. The van der Waals surface area contributed by atoms with Crippen molar-refractivity contribution in [3.05, 3.63) is 16.3 Å². The largest absolute Gasteiger partial charge is 0.358 e. The number of nitrogens with one attached hydrogen (secondary N) is 1. The first kappa shape index (κ1) is 7.07. The van der Waals surface area contributed by atoms with Gasteiger partial charge in [-0.3, -0.25) is 0 Å². The minimum absolute atomic E-state index is 0.0347. The van der Waals surface area contributed by atoms with Gasteiger partial charge in [0.1, 0.15) is 4.90 Å². The third-order valence-corrected chi connectivity index (χ3v) is 1.73. The van der Waals surface area contributed by atoms with Crippen molar-refractivity contribution in [2.45, 2.75) is 4.90 Å². The summed E-state index contributed by atoms with van der Waals surface area (Å²) in [5, 5.41) is 16.0. The summed E-state index contributed by atoms with van der Waals surface area (Å²) in [4.78, 5) is 10.2. The quantitative estimate of drug-likeness (QED) is 0.397. The van der Waals surface area contributed by atoms with Gasteiger partial charge in [-0.25, -0.2) is 0 Å². The second-order valence-electron chi connectivity index (χ2n) is 1.54. The predicted molar refractivity (Wildman–Crippen MR) is 37.0 cm³/mol. The highest BCUT2D eigenvalue weighted by atomic mass is 32.2. The lowest BCUT2D eigenvalue weighted by Gasteiger charge is -1.90. The van der Waals surface area contributed by atoms with Gasteiger partial charge in [-0.15, -0.1) is 16.9 Å². The first-order chi connectivity index (χ1) is 4.75. The monoisotopic (exact) mass is 159 g/mol. The summed E-state index contributed by atoms with van der Waals surface area (Å²) in [5.74, 6) is -0.0347. The van der Waals surface area contributed by atoms with Crippen LogP contribution in [-0.4, -0.2) is 21.4 Å². The number of nitrogens with zero attached hydrogens (tertiary/aromatic N) is 2. The molecular weight excluding hydrogens is 154 g/mol. The predicted octanol–water partition coefficient (Wildman–Crippen LogP) is 1.04. The molecular formula is C4H5N3O2S. The second kappa shape index (κ2) is 2.70. The van der Waals surface area contributed by atoms with E-state index in [2.05, 4.69) is 10.2 Å². The third-order valence-electron chi connectivity index (χ3n) is 0.988. The molecule has 54 valence electrons. The summed E-state index contributed by atoms with van der Waals surface area (Å²) in [6, 6.07) is 0. The van der Waals surface area contributed by atoms with E-state index >= 15 is 0 Å². The molecule has 0 amide bonds. The van der Waals surface area contributed by atoms with Crippen LogP contribution < -0.4 is 0 Å². The van der Waals surface area contributed by atoms with Gasteiger partial charge in [0.15, 0.2) is 0 Å². The zero-order valence-electron chi connectivity index (χ0n) is 5.20. The SMILES string of the molecule is CSc1cn[nH]c1[N+](=O)[O-]. The lowest BCUT2D eigenvalue weighted by atomic mass is 10.6. The maximum atomic E-state index is 10.2. The van der Waals surface area contributed by atoms with Crippen molar-refractivity contribution >= 4 is 17.6 Å². The van der Waals surface area contributed by atoms with Crippen molar-refractivity contribution in [3.8, 4) is 0 Å². The van der Waals surface area contributed by atoms with Gasteiger partial charge in [0, 0.05) is 0 Å². The lowest BCUT2D eigenvalue weighted by molar-refractivity contribution is -0.392. The normalized spacial score (nSPS) is 9.70. The van der Waals surface area contributed by atoms with Crippen LogP contribution in [0.25, 0.3) is 0 Å². The van der Waals surface area contributed by atoms with E-state index in [1.807, 2.05) is 0 Å². The van der Waals surface area contributed by atoms with Gasteiger partial charge in [-0.05, 0) is 11.2 Å². The molecule has 1 heterocycles. The topological polar surface area (TPSA) is 71.8 Å². The van der Waals surface area contributed by atoms with Gasteiger partial charge < -0.3 is 10.1 Å². The van der Waals surface area contributed by atoms with E-state index in [0.717, 1.165) is 0 Å². The van der Waals surface area contributed by atoms with E-state index in [0.29, 0.717) is 4.90 Å². The number of hydrogen-bond donors (Lipinski definition) is 1. The number of thioether (sulfide) groups is 1. The number of aromatic amines is 1. The minimum Gasteiger partial charge on any atom is -0.358 e. The summed E-state index contributed by atoms with van der Waals surface area (Å²) in [7, 11) is 0. The molecule has 1 rings (SSSR count). The third kappa shape index (κ3) is 1.10. The maximum absolute atomic E-state index is 10.2. The van der Waals surface area contributed by atoms with E-state index in [1.165, 1.54) is 18.0 Å². The van der Waals surface area contributed by atoms with Crippen LogP contribution in [0.15, 0.2) is 11.1 Å². The van der Waals surface area contributed by atoms with Gasteiger partial charge in [0.25, 0.3) is 0 Å². The van der Waals surface area contributed by atoms with E-state index in [-0.39, 0.29) is 5.82 Å². The number of H-pyrrole nitrogens is 1. The Hall–Kier alpha value is -1.04. The molecule has 1 N–H and O–H groups in total. The van der Waals surface area contributed by atoms with Crippen LogP contribution in [0.2, 0.25) is 0 Å². The molecule has 1 aromatic heterocycles. The average Bonchev–Trinajstić information content (AvgIpc) is 2.33. The molecule has 0 aliphatic carbocycles. The van der Waals surface area contributed by atoms with Crippen LogP contribution in [0.3, 0.4) is 0 Å². The van der Waals surface area contributed by atoms with Crippen molar-refractivity contribution in [1.29, 1.82) is 0 Å². The number of aromatic nitrogens is 2. The van der Waals surface area contributed by atoms with Crippen LogP contribution in [0.4, 0.5) is 5.82 Å². The fourth-order valence-electron chi connectivity index (χ4n) is 0.548. The van der Waals surface area contributed by atoms with Gasteiger partial charge in [0.2, 0.25) is 0 Å². The van der Waals surface area contributed by atoms with Crippen molar-refractivity contribution in [3.63, 3.8) is 0 Å². The Morgan fingerprint density at radius 3 is 3.00 bits per heavy atom. The van der Waals surface area contributed by atoms with Crippen molar-refractivity contribution < 1.29 is 4.92 Å². The van der Waals surface area contributed by atoms with E-state index < -0.39 is 4.92 Å². The van der Waals surface area contributed by atoms with Crippen LogP contribution in [0, 0.1) is 10.1 Å². The van der Waals surface area contributed by atoms with E-state index in [4.69, 9.17) is 0 Å². The molecule has 0 atom stereocenters. The van der Waals surface area contributed by atoms with Gasteiger partial charge >= 0.3 is 5.82 Å². The molecule has 0 spiro atoms. The van der Waals surface area contributed by atoms with Gasteiger partial charge in [0.05, 0.1) is 6.20 Å². The lowest BCUT2D eigenvalue weighted by Crippen LogP contribution is -1.88. The maximum Gasteiger partial charge on any atom is 0.356 e. The van der Waals surface area contributed by atoms with E-state index in [9.17, 15) is 10.1 Å². The Bertz CT molecular complexity index is 246. The van der Waals surface area contributed by atoms with Gasteiger partial charge in [-0.2, -0.15) is 0 Å². The van der Waals surface area contributed by atoms with Crippen LogP contribution in [-0.2, 0) is 0 Å². The van der Waals surface area contributed by atoms with Crippen molar-refractivity contribution in [2.24, 2.45) is 0 Å². The zero-order valence-corrected chi connectivity index (χ0v) is 6.01. The summed E-state index contributed by atoms with van der Waals surface area (Å²) in [6.45, 7) is 0. The van der Waals surface area contributed by atoms with E-state index in [1.54, 1.807) is 6.26 Å². The molecule has 6 heteroatoms. The Labute approximate surface area is 61.0 Å². The smallest absolute Gasteiger partial charge is 0.356 e. The highest BCUT2D eigenvalue weighted by Gasteiger charge is 2.12. The Balaban J connectivity index is 3.01. The Kier molecular flexibility index (Phi) is 1.91. The average molecular weight is 159 g/mol. The minimum atomic E-state index is -0.487. The fraction of sp³-hybridized carbons (Fsp3) is 0.250. The fourth-order valence-corrected chi connectivity index (χ4v) is 1.02. The molecule has 0 radical (unpaired) electrons. The summed E-state index contributed by atoms with van der Waals surface area (Å²) in [5.41, 5.74) is 0. The van der Waals surface area contributed by atoms with Crippen LogP contribution >= 0.6 is 11.8 Å². The Morgan fingerprint density at radius 1 is 1.90 bits per heavy atom. The van der Waals surface area contributed by atoms with Gasteiger partial charge in [-0.1, -0.05) is 5.10 Å². The molecule has 0 saturated carbocycles. The molecule has 0 bridgehead atoms. The number of hydrogen-bond acceptors (Lipinski definition) is 4. The molecule has 0 saturated heterocycles. The molecule has 0 unspecified atom stereocenters. The molecule has 0 aliphatic rings. The van der Waals surface area contributed by atoms with Crippen LogP contribution in [0.5, 0.6) is 0 Å². The zero-order chi connectivity index (χ0) is 7.56. The standard InChI is InChI=1S/C4H5N3O2S/c1-10-3-2-5-6-4(3)7(8)9/h2H,1H3,(H,5,6). The highest BCUT2D eigenvalue weighted by molar-refractivity contribution is 7.98. The summed E-state index contributed by atoms with van der Waals surface area (Å²) < 4.78 is 0. The molecule has 10 heavy (non-hydrogen) atoms. The van der Waals surface area contributed by atoms with Crippen LogP contribution in [0.1, 0.15) is 0 Å². The number of nitro groups is 1. The summed E-state index contributed by atoms with van der Waals surface area (Å²) >= 11 is 1.30. The number of rotatable bonds is 2. The molecule has 0 aliphatic heterocycles. The first-order valence-corrected chi connectivity index (χ1v) is 3.70. The second-order valence-corrected chi connectivity index (χ2v) is 2.39. The first-order valence-electron chi connectivity index (χ1n) is 2.47. The van der Waals surface area contributed by atoms with Crippen molar-refractivity contribution in [2.75, 3.05) is 6.26 Å². The molecule has 1 aromatic rings. The summed E-state index contributed by atoms with van der Waals surface area (Å²) in [6.07, 6.45) is 3.20. The molecule has 0 fully saturated rings. The highest BCUT2D eigenvalue weighted by Crippen LogP contribution is 2.23.